The molecule has 0 saturated carbocycles. The lowest BCUT2D eigenvalue weighted by molar-refractivity contribution is 0.509. The molecule has 0 aliphatic rings. The highest BCUT2D eigenvalue weighted by atomic mass is 19.2. The van der Waals surface area contributed by atoms with Crippen LogP contribution in [0.25, 0.3) is 11.4 Å². The summed E-state index contributed by atoms with van der Waals surface area (Å²) >= 11 is 0. The van der Waals surface area contributed by atoms with Gasteiger partial charge < -0.3 is 10.7 Å². The van der Waals surface area contributed by atoms with Gasteiger partial charge in [-0.15, -0.1) is 0 Å². The molecule has 1 aromatic heterocycles. The smallest absolute Gasteiger partial charge is 0.160 e. The second kappa shape index (κ2) is 3.59. The zero-order chi connectivity index (χ0) is 11.9. The van der Waals surface area contributed by atoms with E-state index in [1.807, 2.05) is 13.8 Å². The number of benzene rings is 1. The number of aromatic amines is 1. The zero-order valence-corrected chi connectivity index (χ0v) is 8.94. The van der Waals surface area contributed by atoms with Gasteiger partial charge in [0.25, 0.3) is 0 Å². The topological polar surface area (TPSA) is 54.7 Å². The number of rotatable bonds is 1. The Morgan fingerprint density at radius 3 is 2.38 bits per heavy atom. The second-order valence-electron chi connectivity index (χ2n) is 3.65. The SMILES string of the molecule is Cc1nc(-c2cc(F)c(F)cc2N)[nH]c1C. The molecule has 0 spiro atoms. The molecule has 0 unspecified atom stereocenters. The molecule has 16 heavy (non-hydrogen) atoms. The molecular formula is C11H11F2N3. The zero-order valence-electron chi connectivity index (χ0n) is 8.94. The maximum atomic E-state index is 13.1. The molecule has 0 fully saturated rings. The third-order valence-electron chi connectivity index (χ3n) is 2.48. The van der Waals surface area contributed by atoms with Crippen molar-refractivity contribution in [3.05, 3.63) is 35.2 Å². The summed E-state index contributed by atoms with van der Waals surface area (Å²) in [6.07, 6.45) is 0. The largest absolute Gasteiger partial charge is 0.398 e. The van der Waals surface area contributed by atoms with E-state index in [1.54, 1.807) is 0 Å². The lowest BCUT2D eigenvalue weighted by Gasteiger charge is -2.03. The Morgan fingerprint density at radius 2 is 1.81 bits per heavy atom. The van der Waals surface area contributed by atoms with Crippen LogP contribution >= 0.6 is 0 Å². The van der Waals surface area contributed by atoms with Crippen molar-refractivity contribution in [1.82, 2.24) is 9.97 Å². The molecule has 0 amide bonds. The number of aryl methyl sites for hydroxylation is 2. The maximum absolute atomic E-state index is 13.1. The van der Waals surface area contributed by atoms with E-state index in [4.69, 9.17) is 5.73 Å². The molecule has 1 heterocycles. The first kappa shape index (κ1) is 10.6. The molecule has 0 radical (unpaired) electrons. The molecule has 5 heteroatoms. The average molecular weight is 223 g/mol. The standard InChI is InChI=1S/C11H11F2N3/c1-5-6(2)16-11(15-5)7-3-8(12)9(13)4-10(7)14/h3-4H,14H2,1-2H3,(H,15,16). The highest BCUT2D eigenvalue weighted by molar-refractivity contribution is 5.71. The summed E-state index contributed by atoms with van der Waals surface area (Å²) in [6.45, 7) is 3.67. The minimum atomic E-state index is -0.957. The van der Waals surface area contributed by atoms with E-state index >= 15 is 0 Å². The van der Waals surface area contributed by atoms with Crippen LogP contribution in [0.5, 0.6) is 0 Å². The van der Waals surface area contributed by atoms with Gasteiger partial charge >= 0.3 is 0 Å². The van der Waals surface area contributed by atoms with Gasteiger partial charge in [0.15, 0.2) is 11.6 Å². The number of nitrogen functional groups attached to an aromatic ring is 1. The highest BCUT2D eigenvalue weighted by Crippen LogP contribution is 2.26. The number of aromatic nitrogens is 2. The van der Waals surface area contributed by atoms with E-state index in [9.17, 15) is 8.78 Å². The molecule has 84 valence electrons. The monoisotopic (exact) mass is 223 g/mol. The fourth-order valence-electron chi connectivity index (χ4n) is 1.44. The summed E-state index contributed by atoms with van der Waals surface area (Å²) in [5, 5.41) is 0. The van der Waals surface area contributed by atoms with Gasteiger partial charge in [-0.3, -0.25) is 0 Å². The Labute approximate surface area is 91.3 Å². The van der Waals surface area contributed by atoms with Gasteiger partial charge in [0.2, 0.25) is 0 Å². The van der Waals surface area contributed by atoms with E-state index in [-0.39, 0.29) is 5.69 Å². The molecule has 3 nitrogen and oxygen atoms in total. The van der Waals surface area contributed by atoms with Crippen molar-refractivity contribution in [2.75, 3.05) is 5.73 Å². The lowest BCUT2D eigenvalue weighted by Crippen LogP contribution is -1.95. The van der Waals surface area contributed by atoms with Crippen LogP contribution in [0, 0.1) is 25.5 Å². The van der Waals surface area contributed by atoms with Crippen molar-refractivity contribution < 1.29 is 8.78 Å². The van der Waals surface area contributed by atoms with Crippen molar-refractivity contribution in [3.63, 3.8) is 0 Å². The molecule has 0 bridgehead atoms. The summed E-state index contributed by atoms with van der Waals surface area (Å²) in [6, 6.07) is 2.00. The van der Waals surface area contributed by atoms with Crippen molar-refractivity contribution in [3.8, 4) is 11.4 Å². The molecule has 2 rings (SSSR count). The number of hydrogen-bond donors (Lipinski definition) is 2. The predicted octanol–water partition coefficient (Wildman–Crippen LogP) is 2.55. The van der Waals surface area contributed by atoms with Crippen LogP contribution < -0.4 is 5.73 Å². The summed E-state index contributed by atoms with van der Waals surface area (Å²) in [5.74, 6) is -1.44. The molecule has 0 atom stereocenters. The number of nitrogens with zero attached hydrogens (tertiary/aromatic N) is 1. The number of halogens is 2. The van der Waals surface area contributed by atoms with Gasteiger partial charge in [-0.25, -0.2) is 13.8 Å². The number of H-pyrrole nitrogens is 1. The molecule has 0 aliphatic carbocycles. The molecular weight excluding hydrogens is 212 g/mol. The normalized spacial score (nSPS) is 10.8. The Kier molecular flexibility index (Phi) is 2.38. The average Bonchev–Trinajstić information content (AvgIpc) is 2.53. The van der Waals surface area contributed by atoms with Gasteiger partial charge in [-0.2, -0.15) is 0 Å². The Balaban J connectivity index is 2.60. The number of hydrogen-bond acceptors (Lipinski definition) is 2. The minimum Gasteiger partial charge on any atom is -0.398 e. The summed E-state index contributed by atoms with van der Waals surface area (Å²) in [7, 11) is 0. The number of nitrogens with two attached hydrogens (primary N) is 1. The summed E-state index contributed by atoms with van der Waals surface area (Å²) in [4.78, 5) is 7.16. The van der Waals surface area contributed by atoms with Gasteiger partial charge in [-0.05, 0) is 19.9 Å². The van der Waals surface area contributed by atoms with Crippen molar-refractivity contribution in [2.45, 2.75) is 13.8 Å². The molecule has 0 saturated heterocycles. The van der Waals surface area contributed by atoms with E-state index in [2.05, 4.69) is 9.97 Å². The number of imidazole rings is 1. The van der Waals surface area contributed by atoms with Gasteiger partial charge in [0, 0.05) is 23.0 Å². The second-order valence-corrected chi connectivity index (χ2v) is 3.65. The maximum Gasteiger partial charge on any atom is 0.160 e. The fourth-order valence-corrected chi connectivity index (χ4v) is 1.44. The Morgan fingerprint density at radius 1 is 1.19 bits per heavy atom. The van der Waals surface area contributed by atoms with Crippen LogP contribution in [0.1, 0.15) is 11.4 Å². The first-order valence-corrected chi connectivity index (χ1v) is 4.77. The van der Waals surface area contributed by atoms with Crippen molar-refractivity contribution >= 4 is 5.69 Å². The predicted molar refractivity (Wildman–Crippen MR) is 57.8 cm³/mol. The third kappa shape index (κ3) is 1.64. The van der Waals surface area contributed by atoms with E-state index < -0.39 is 11.6 Å². The van der Waals surface area contributed by atoms with Crippen LogP contribution in [-0.2, 0) is 0 Å². The summed E-state index contributed by atoms with van der Waals surface area (Å²) < 4.78 is 26.0. The molecule has 0 aliphatic heterocycles. The highest BCUT2D eigenvalue weighted by Gasteiger charge is 2.12. The minimum absolute atomic E-state index is 0.160. The van der Waals surface area contributed by atoms with E-state index in [1.165, 1.54) is 0 Å². The first-order valence-electron chi connectivity index (χ1n) is 4.77. The molecule has 3 N–H and O–H groups in total. The quantitative estimate of drug-likeness (QED) is 0.730. The van der Waals surface area contributed by atoms with Gasteiger partial charge in [-0.1, -0.05) is 0 Å². The Bertz CT molecular complexity index is 527. The fraction of sp³-hybridized carbons (Fsp3) is 0.182. The van der Waals surface area contributed by atoms with Crippen LogP contribution in [0.4, 0.5) is 14.5 Å². The number of nitrogens with one attached hydrogen (secondary N) is 1. The van der Waals surface area contributed by atoms with E-state index in [0.29, 0.717) is 11.4 Å². The van der Waals surface area contributed by atoms with Crippen molar-refractivity contribution in [1.29, 1.82) is 0 Å². The van der Waals surface area contributed by atoms with Crippen molar-refractivity contribution in [2.24, 2.45) is 0 Å². The number of anilines is 1. The first-order chi connectivity index (χ1) is 7.49. The molecule has 2 aromatic rings. The van der Waals surface area contributed by atoms with Gasteiger partial charge in [0.05, 0.1) is 5.69 Å². The van der Waals surface area contributed by atoms with Gasteiger partial charge in [0.1, 0.15) is 5.82 Å². The summed E-state index contributed by atoms with van der Waals surface area (Å²) in [5.41, 5.74) is 7.82. The van der Waals surface area contributed by atoms with Crippen LogP contribution in [-0.4, -0.2) is 9.97 Å². The molecule has 1 aromatic carbocycles. The Hall–Kier alpha value is -1.91. The van der Waals surface area contributed by atoms with E-state index in [0.717, 1.165) is 23.5 Å². The van der Waals surface area contributed by atoms with Crippen LogP contribution in [0.15, 0.2) is 12.1 Å². The lowest BCUT2D eigenvalue weighted by atomic mass is 10.1. The van der Waals surface area contributed by atoms with Crippen LogP contribution in [0.3, 0.4) is 0 Å². The third-order valence-corrected chi connectivity index (χ3v) is 2.48. The van der Waals surface area contributed by atoms with Crippen LogP contribution in [0.2, 0.25) is 0 Å².